The number of urea groups is 1. The molecule has 6 heteroatoms. The van der Waals surface area contributed by atoms with E-state index in [9.17, 15) is 9.59 Å². The maximum absolute atomic E-state index is 10.7. The van der Waals surface area contributed by atoms with Crippen LogP contribution in [0.15, 0.2) is 30.3 Å². The molecule has 0 saturated heterocycles. The molecule has 0 saturated carbocycles. The number of carboxylic acids is 1. The molecule has 0 aromatic heterocycles. The van der Waals surface area contributed by atoms with Crippen molar-refractivity contribution in [1.82, 2.24) is 5.32 Å². The topological polar surface area (TPSA) is 102 Å². The van der Waals surface area contributed by atoms with Crippen molar-refractivity contribution in [1.29, 1.82) is 0 Å². The van der Waals surface area contributed by atoms with Crippen LogP contribution in [0.5, 0.6) is 0 Å². The Kier molecular flexibility index (Phi) is 4.96. The third kappa shape index (κ3) is 4.98. The van der Waals surface area contributed by atoms with Crippen molar-refractivity contribution in [3.05, 3.63) is 35.9 Å². The third-order valence-corrected chi connectivity index (χ3v) is 2.01. The van der Waals surface area contributed by atoms with E-state index in [2.05, 4.69) is 5.32 Å². The van der Waals surface area contributed by atoms with E-state index in [1.807, 2.05) is 30.3 Å². The molecule has 0 aliphatic heterocycles. The van der Waals surface area contributed by atoms with E-state index in [0.717, 1.165) is 5.56 Å². The number of carbonyl (C=O) groups excluding carboxylic acids is 1. The summed E-state index contributed by atoms with van der Waals surface area (Å²) >= 11 is 0. The smallest absolute Gasteiger partial charge is 0.328 e. The number of carbonyl (C=O) groups is 2. The van der Waals surface area contributed by atoms with Gasteiger partial charge in [0.2, 0.25) is 0 Å². The number of rotatable bonds is 6. The van der Waals surface area contributed by atoms with Crippen molar-refractivity contribution in [3.8, 4) is 0 Å². The average Bonchev–Trinajstić information content (AvgIpc) is 2.28. The van der Waals surface area contributed by atoms with E-state index in [-0.39, 0.29) is 13.2 Å². The first-order chi connectivity index (χ1) is 8.09. The molecule has 17 heavy (non-hydrogen) atoms. The van der Waals surface area contributed by atoms with Crippen LogP contribution >= 0.6 is 0 Å². The molecule has 1 unspecified atom stereocenters. The van der Waals surface area contributed by atoms with Crippen LogP contribution in [0.1, 0.15) is 5.56 Å². The van der Waals surface area contributed by atoms with Gasteiger partial charge in [0, 0.05) is 0 Å². The Morgan fingerprint density at radius 1 is 1.35 bits per heavy atom. The first kappa shape index (κ1) is 13.0. The van der Waals surface area contributed by atoms with Gasteiger partial charge in [-0.05, 0) is 5.56 Å². The minimum Gasteiger partial charge on any atom is -0.480 e. The lowest BCUT2D eigenvalue weighted by Gasteiger charge is -2.13. The van der Waals surface area contributed by atoms with E-state index in [1.165, 1.54) is 0 Å². The minimum atomic E-state index is -1.18. The first-order valence-electron chi connectivity index (χ1n) is 5.00. The highest BCUT2D eigenvalue weighted by Crippen LogP contribution is 2.01. The fourth-order valence-corrected chi connectivity index (χ4v) is 1.22. The Morgan fingerprint density at radius 3 is 2.53 bits per heavy atom. The summed E-state index contributed by atoms with van der Waals surface area (Å²) in [7, 11) is 0. The molecule has 0 aliphatic carbocycles. The van der Waals surface area contributed by atoms with Gasteiger partial charge in [-0.1, -0.05) is 30.3 Å². The van der Waals surface area contributed by atoms with Crippen LogP contribution in [-0.4, -0.2) is 29.8 Å². The minimum absolute atomic E-state index is 0.132. The number of amides is 2. The number of carboxylic acid groups (broad SMARTS) is 1. The number of aliphatic carboxylic acids is 1. The third-order valence-electron chi connectivity index (χ3n) is 2.01. The molecular formula is C11H14N2O4. The second-order valence-electron chi connectivity index (χ2n) is 3.40. The molecule has 0 fully saturated rings. The number of hydrogen-bond donors (Lipinski definition) is 3. The Hall–Kier alpha value is -2.08. The molecular weight excluding hydrogens is 224 g/mol. The molecule has 4 N–H and O–H groups in total. The normalized spacial score (nSPS) is 11.8. The molecule has 1 aromatic rings. The lowest BCUT2D eigenvalue weighted by atomic mass is 10.2. The van der Waals surface area contributed by atoms with Crippen LogP contribution < -0.4 is 11.1 Å². The average molecular weight is 238 g/mol. The van der Waals surface area contributed by atoms with Crippen molar-refractivity contribution in [2.45, 2.75) is 12.6 Å². The maximum atomic E-state index is 10.7. The zero-order chi connectivity index (χ0) is 12.7. The maximum Gasteiger partial charge on any atom is 0.328 e. The zero-order valence-corrected chi connectivity index (χ0v) is 9.13. The van der Waals surface area contributed by atoms with E-state index in [1.54, 1.807) is 0 Å². The van der Waals surface area contributed by atoms with Gasteiger partial charge in [0.25, 0.3) is 0 Å². The Labute approximate surface area is 98.4 Å². The molecule has 0 radical (unpaired) electrons. The zero-order valence-electron chi connectivity index (χ0n) is 9.13. The number of primary amides is 1. The number of nitrogens with two attached hydrogens (primary N) is 1. The Balaban J connectivity index is 2.37. The van der Waals surface area contributed by atoms with Gasteiger partial charge in [0.05, 0.1) is 13.2 Å². The molecule has 2 amide bonds. The molecule has 92 valence electrons. The van der Waals surface area contributed by atoms with E-state index < -0.39 is 18.0 Å². The van der Waals surface area contributed by atoms with Crippen molar-refractivity contribution in [2.24, 2.45) is 5.73 Å². The lowest BCUT2D eigenvalue weighted by molar-refractivity contribution is -0.140. The highest BCUT2D eigenvalue weighted by Gasteiger charge is 2.18. The SMILES string of the molecule is NC(=O)NC(COCc1ccccc1)C(=O)O. The van der Waals surface area contributed by atoms with Gasteiger partial charge < -0.3 is 20.9 Å². The summed E-state index contributed by atoms with van der Waals surface area (Å²) in [5, 5.41) is 10.8. The molecule has 0 spiro atoms. The van der Waals surface area contributed by atoms with Gasteiger partial charge in [-0.2, -0.15) is 0 Å². The number of benzene rings is 1. The van der Waals surface area contributed by atoms with Crippen molar-refractivity contribution >= 4 is 12.0 Å². The summed E-state index contributed by atoms with van der Waals surface area (Å²) in [4.78, 5) is 21.3. The van der Waals surface area contributed by atoms with Gasteiger partial charge in [-0.15, -0.1) is 0 Å². The highest BCUT2D eigenvalue weighted by molar-refractivity contribution is 5.81. The predicted molar refractivity (Wildman–Crippen MR) is 60.2 cm³/mol. The van der Waals surface area contributed by atoms with Crippen molar-refractivity contribution in [3.63, 3.8) is 0 Å². The van der Waals surface area contributed by atoms with E-state index in [4.69, 9.17) is 15.6 Å². The molecule has 6 nitrogen and oxygen atoms in total. The van der Waals surface area contributed by atoms with Crippen LogP contribution in [0.4, 0.5) is 4.79 Å². The van der Waals surface area contributed by atoms with Gasteiger partial charge in [0.15, 0.2) is 6.04 Å². The molecule has 0 heterocycles. The predicted octanol–water partition coefficient (Wildman–Crippen LogP) is 0.325. The van der Waals surface area contributed by atoms with Gasteiger partial charge in [0.1, 0.15) is 0 Å². The summed E-state index contributed by atoms with van der Waals surface area (Å²) in [5.41, 5.74) is 5.77. The molecule has 1 atom stereocenters. The fraction of sp³-hybridized carbons (Fsp3) is 0.273. The summed E-state index contributed by atoms with van der Waals surface area (Å²) < 4.78 is 5.19. The highest BCUT2D eigenvalue weighted by atomic mass is 16.5. The number of hydrogen-bond acceptors (Lipinski definition) is 3. The summed E-state index contributed by atoms with van der Waals surface area (Å²) in [6.45, 7) is 0.151. The fourth-order valence-electron chi connectivity index (χ4n) is 1.22. The van der Waals surface area contributed by atoms with E-state index in [0.29, 0.717) is 0 Å². The van der Waals surface area contributed by atoms with Crippen molar-refractivity contribution in [2.75, 3.05) is 6.61 Å². The summed E-state index contributed by atoms with van der Waals surface area (Å²) in [6, 6.07) is 7.29. The van der Waals surface area contributed by atoms with Gasteiger partial charge in [-0.25, -0.2) is 9.59 Å². The lowest BCUT2D eigenvalue weighted by Crippen LogP contribution is -2.46. The molecule has 0 bridgehead atoms. The van der Waals surface area contributed by atoms with E-state index >= 15 is 0 Å². The Bertz CT molecular complexity index is 380. The second kappa shape index (κ2) is 6.49. The van der Waals surface area contributed by atoms with Gasteiger partial charge in [-0.3, -0.25) is 0 Å². The largest absolute Gasteiger partial charge is 0.480 e. The molecule has 0 aliphatic rings. The number of nitrogens with one attached hydrogen (secondary N) is 1. The second-order valence-corrected chi connectivity index (χ2v) is 3.40. The molecule has 1 aromatic carbocycles. The van der Waals surface area contributed by atoms with Crippen LogP contribution in [0.3, 0.4) is 0 Å². The van der Waals surface area contributed by atoms with Crippen LogP contribution in [0.25, 0.3) is 0 Å². The quantitative estimate of drug-likeness (QED) is 0.664. The standard InChI is InChI=1S/C11H14N2O4/c12-11(16)13-9(10(14)15)7-17-6-8-4-2-1-3-5-8/h1-5,9H,6-7H2,(H,14,15)(H3,12,13,16). The Morgan fingerprint density at radius 2 is 2.00 bits per heavy atom. The van der Waals surface area contributed by atoms with Crippen molar-refractivity contribution < 1.29 is 19.4 Å². The van der Waals surface area contributed by atoms with Crippen LogP contribution in [0.2, 0.25) is 0 Å². The van der Waals surface area contributed by atoms with Crippen LogP contribution in [-0.2, 0) is 16.1 Å². The first-order valence-corrected chi connectivity index (χ1v) is 5.00. The molecule has 1 rings (SSSR count). The van der Waals surface area contributed by atoms with Crippen LogP contribution in [0, 0.1) is 0 Å². The monoisotopic (exact) mass is 238 g/mol. The summed E-state index contributed by atoms with van der Waals surface area (Å²) in [6.07, 6.45) is 0. The van der Waals surface area contributed by atoms with Gasteiger partial charge >= 0.3 is 12.0 Å². The summed E-state index contributed by atoms with van der Waals surface area (Å²) in [5.74, 6) is -1.18. The number of ether oxygens (including phenoxy) is 1.